The van der Waals surface area contributed by atoms with Crippen LogP contribution in [0.25, 0.3) is 11.0 Å². The van der Waals surface area contributed by atoms with Gasteiger partial charge in [-0.1, -0.05) is 30.3 Å². The zero-order chi connectivity index (χ0) is 20.4. The molecule has 3 aromatic rings. The Kier molecular flexibility index (Phi) is 5.74. The van der Waals surface area contributed by atoms with Crippen molar-refractivity contribution < 1.29 is 17.6 Å². The van der Waals surface area contributed by atoms with Crippen molar-refractivity contribution in [1.82, 2.24) is 9.21 Å². The van der Waals surface area contributed by atoms with E-state index < -0.39 is 10.0 Å². The first kappa shape index (κ1) is 20.1. The van der Waals surface area contributed by atoms with Gasteiger partial charge in [-0.2, -0.15) is 4.31 Å². The molecule has 0 N–H and O–H groups in total. The van der Waals surface area contributed by atoms with Crippen molar-refractivity contribution in [2.75, 3.05) is 33.4 Å². The zero-order valence-electron chi connectivity index (χ0n) is 16.7. The molecule has 1 aromatic heterocycles. The van der Waals surface area contributed by atoms with Crippen LogP contribution in [0.4, 0.5) is 0 Å². The van der Waals surface area contributed by atoms with Gasteiger partial charge >= 0.3 is 0 Å². The predicted molar refractivity (Wildman–Crippen MR) is 112 cm³/mol. The van der Waals surface area contributed by atoms with Gasteiger partial charge < -0.3 is 9.15 Å². The highest BCUT2D eigenvalue weighted by atomic mass is 32.2. The van der Waals surface area contributed by atoms with Crippen LogP contribution >= 0.6 is 0 Å². The van der Waals surface area contributed by atoms with Gasteiger partial charge in [0.15, 0.2) is 0 Å². The number of furan rings is 1. The maximum atomic E-state index is 12.9. The van der Waals surface area contributed by atoms with Crippen LogP contribution in [0.3, 0.4) is 0 Å². The minimum Gasteiger partial charge on any atom is -0.459 e. The molecule has 0 saturated carbocycles. The number of morpholine rings is 1. The number of hydrogen-bond donors (Lipinski definition) is 0. The summed E-state index contributed by atoms with van der Waals surface area (Å²) in [7, 11) is -1.48. The first-order chi connectivity index (χ1) is 13.9. The van der Waals surface area contributed by atoms with Crippen LogP contribution in [0.1, 0.15) is 24.3 Å². The fourth-order valence-electron chi connectivity index (χ4n) is 3.59. The number of hydrogen-bond acceptors (Lipinski definition) is 5. The van der Waals surface area contributed by atoms with Gasteiger partial charge in [0.1, 0.15) is 11.3 Å². The van der Waals surface area contributed by atoms with Gasteiger partial charge in [-0.3, -0.25) is 4.90 Å². The number of para-hydroxylation sites is 1. The summed E-state index contributed by atoms with van der Waals surface area (Å²) in [5.74, 6) is 0.894. The number of nitrogens with zero attached hydrogens (tertiary/aromatic N) is 2. The van der Waals surface area contributed by atoms with E-state index in [0.717, 1.165) is 22.3 Å². The maximum Gasteiger partial charge on any atom is 0.243 e. The molecule has 1 saturated heterocycles. The van der Waals surface area contributed by atoms with Crippen molar-refractivity contribution >= 4 is 21.0 Å². The van der Waals surface area contributed by atoms with Crippen LogP contribution < -0.4 is 0 Å². The Bertz CT molecular complexity index is 1050. The van der Waals surface area contributed by atoms with Gasteiger partial charge in [0.05, 0.1) is 24.2 Å². The predicted octanol–water partition coefficient (Wildman–Crippen LogP) is 3.65. The lowest BCUT2D eigenvalue weighted by Gasteiger charge is -2.26. The van der Waals surface area contributed by atoms with Crippen molar-refractivity contribution in [3.63, 3.8) is 0 Å². The second kappa shape index (κ2) is 8.28. The third-order valence-corrected chi connectivity index (χ3v) is 7.35. The summed E-state index contributed by atoms with van der Waals surface area (Å²) in [6, 6.07) is 17.3. The van der Waals surface area contributed by atoms with Gasteiger partial charge in [-0.15, -0.1) is 0 Å². The van der Waals surface area contributed by atoms with E-state index in [-0.39, 0.29) is 6.04 Å². The number of rotatable bonds is 6. The normalized spacial score (nSPS) is 17.1. The van der Waals surface area contributed by atoms with Crippen LogP contribution in [-0.4, -0.2) is 51.0 Å². The minimum atomic E-state index is -3.49. The summed E-state index contributed by atoms with van der Waals surface area (Å²) < 4.78 is 38.6. The first-order valence-corrected chi connectivity index (χ1v) is 11.2. The highest BCUT2D eigenvalue weighted by molar-refractivity contribution is 7.89. The number of ether oxygens (including phenoxy) is 1. The molecular formula is C22H26N2O4S. The summed E-state index contributed by atoms with van der Waals surface area (Å²) in [6.45, 7) is 4.38. The van der Waals surface area contributed by atoms with Crippen LogP contribution in [0.15, 0.2) is 63.9 Å². The molecule has 0 spiro atoms. The van der Waals surface area contributed by atoms with Crippen LogP contribution in [0.2, 0.25) is 0 Å². The molecular weight excluding hydrogens is 388 g/mol. The molecule has 1 atom stereocenters. The van der Waals surface area contributed by atoms with E-state index >= 15 is 0 Å². The third kappa shape index (κ3) is 4.23. The lowest BCUT2D eigenvalue weighted by Crippen LogP contribution is -2.40. The molecule has 1 aliphatic rings. The molecule has 0 aliphatic carbocycles. The second-order valence-electron chi connectivity index (χ2n) is 7.44. The fraction of sp³-hybridized carbons (Fsp3) is 0.364. The summed E-state index contributed by atoms with van der Waals surface area (Å²) in [4.78, 5) is 2.49. The fourth-order valence-corrected chi connectivity index (χ4v) is 5.07. The highest BCUT2D eigenvalue weighted by Gasteiger charge is 2.26. The molecule has 7 heteroatoms. The Balaban J connectivity index is 1.51. The van der Waals surface area contributed by atoms with Crippen molar-refractivity contribution in [3.05, 3.63) is 65.9 Å². The Morgan fingerprint density at radius 2 is 1.83 bits per heavy atom. The Morgan fingerprint density at radius 1 is 1.07 bits per heavy atom. The van der Waals surface area contributed by atoms with Crippen molar-refractivity contribution in [3.8, 4) is 0 Å². The molecule has 4 rings (SSSR count). The third-order valence-electron chi connectivity index (χ3n) is 5.46. The average Bonchev–Trinajstić information content (AvgIpc) is 3.18. The summed E-state index contributed by atoms with van der Waals surface area (Å²) >= 11 is 0. The smallest absolute Gasteiger partial charge is 0.243 e. The minimum absolute atomic E-state index is 0.0573. The molecule has 154 valence electrons. The standard InChI is InChI=1S/C22H26N2O4S/c1-17(22-15-19-7-3-4-9-21(19)28-22)23(2)16-18-6-5-8-20(14-18)29(25,26)24-10-12-27-13-11-24/h3-9,14-15,17H,10-13,16H2,1-2H3. The van der Waals surface area contributed by atoms with Gasteiger partial charge in [0.2, 0.25) is 10.0 Å². The Hall–Kier alpha value is -2.19. The Morgan fingerprint density at radius 3 is 2.59 bits per heavy atom. The summed E-state index contributed by atoms with van der Waals surface area (Å²) in [6.07, 6.45) is 0. The molecule has 1 aliphatic heterocycles. The Labute approximate surface area is 171 Å². The van der Waals surface area contributed by atoms with Gasteiger partial charge in [0, 0.05) is 25.0 Å². The molecule has 1 unspecified atom stereocenters. The topological polar surface area (TPSA) is 63.0 Å². The lowest BCUT2D eigenvalue weighted by atomic mass is 10.1. The van der Waals surface area contributed by atoms with E-state index in [0.29, 0.717) is 37.7 Å². The molecule has 2 heterocycles. The molecule has 1 fully saturated rings. The number of fused-ring (bicyclic) bond motifs is 1. The summed E-state index contributed by atoms with van der Waals surface area (Å²) in [5.41, 5.74) is 1.83. The first-order valence-electron chi connectivity index (χ1n) is 9.81. The van der Waals surface area contributed by atoms with Gasteiger partial charge in [-0.05, 0) is 43.8 Å². The molecule has 0 bridgehead atoms. The van der Waals surface area contributed by atoms with Crippen molar-refractivity contribution in [2.45, 2.75) is 24.4 Å². The van der Waals surface area contributed by atoms with E-state index in [2.05, 4.69) is 17.9 Å². The zero-order valence-corrected chi connectivity index (χ0v) is 17.6. The highest BCUT2D eigenvalue weighted by Crippen LogP contribution is 2.28. The average molecular weight is 415 g/mol. The van der Waals surface area contributed by atoms with Crippen LogP contribution in [0, 0.1) is 0 Å². The van der Waals surface area contributed by atoms with Gasteiger partial charge in [-0.25, -0.2) is 8.42 Å². The quantitative estimate of drug-likeness (QED) is 0.616. The lowest BCUT2D eigenvalue weighted by molar-refractivity contribution is 0.0730. The largest absolute Gasteiger partial charge is 0.459 e. The van der Waals surface area contributed by atoms with Crippen molar-refractivity contribution in [2.24, 2.45) is 0 Å². The van der Waals surface area contributed by atoms with Crippen molar-refractivity contribution in [1.29, 1.82) is 0 Å². The molecule has 29 heavy (non-hydrogen) atoms. The van der Waals surface area contributed by atoms with E-state index in [1.165, 1.54) is 4.31 Å². The monoisotopic (exact) mass is 414 g/mol. The van der Waals surface area contributed by atoms with Gasteiger partial charge in [0.25, 0.3) is 0 Å². The number of sulfonamides is 1. The van der Waals surface area contributed by atoms with Crippen LogP contribution in [0.5, 0.6) is 0 Å². The molecule has 6 nitrogen and oxygen atoms in total. The number of benzene rings is 2. The van der Waals surface area contributed by atoms with E-state index in [9.17, 15) is 8.42 Å². The van der Waals surface area contributed by atoms with E-state index in [1.807, 2.05) is 43.4 Å². The van der Waals surface area contributed by atoms with Crippen LogP contribution in [-0.2, 0) is 21.3 Å². The SMILES string of the molecule is CC(c1cc2ccccc2o1)N(C)Cc1cccc(S(=O)(=O)N2CCOCC2)c1. The summed E-state index contributed by atoms with van der Waals surface area (Å²) in [5, 5.41) is 1.08. The maximum absolute atomic E-state index is 12.9. The van der Waals surface area contributed by atoms with E-state index in [4.69, 9.17) is 9.15 Å². The van der Waals surface area contributed by atoms with E-state index in [1.54, 1.807) is 12.1 Å². The molecule has 0 amide bonds. The second-order valence-corrected chi connectivity index (χ2v) is 9.38. The molecule has 2 aromatic carbocycles. The molecule has 0 radical (unpaired) electrons.